The van der Waals surface area contributed by atoms with E-state index in [1.54, 1.807) is 5.01 Å². The van der Waals surface area contributed by atoms with Crippen LogP contribution in [0.4, 0.5) is 4.39 Å². The van der Waals surface area contributed by atoms with Crippen molar-refractivity contribution in [1.29, 1.82) is 0 Å². The number of piperidine rings is 1. The van der Waals surface area contributed by atoms with Crippen LogP contribution in [0.15, 0.2) is 0 Å². The molecule has 4 aliphatic rings. The number of amides is 1. The normalized spacial score (nSPS) is 44.8. The average Bonchev–Trinajstić information content (AvgIpc) is 3.17. The van der Waals surface area contributed by atoms with Crippen molar-refractivity contribution in [1.82, 2.24) is 36.9 Å². The van der Waals surface area contributed by atoms with Gasteiger partial charge in [0.15, 0.2) is 0 Å². The molecular formula is C15H29FN9O-. The second-order valence-corrected chi connectivity index (χ2v) is 7.65. The first kappa shape index (κ1) is 18.4. The van der Waals surface area contributed by atoms with Crippen molar-refractivity contribution < 1.29 is 9.18 Å². The summed E-state index contributed by atoms with van der Waals surface area (Å²) in [5.41, 5.74) is 16.6. The maximum Gasteiger partial charge on any atom is 0.226 e. The van der Waals surface area contributed by atoms with Crippen molar-refractivity contribution in [2.75, 3.05) is 39.8 Å². The first-order chi connectivity index (χ1) is 12.5. The molecule has 0 aromatic rings. The van der Waals surface area contributed by atoms with Crippen molar-refractivity contribution in [2.45, 2.75) is 37.0 Å². The lowest BCUT2D eigenvalue weighted by Crippen LogP contribution is -2.61. The topological polar surface area (TPSA) is 124 Å². The van der Waals surface area contributed by atoms with Crippen LogP contribution in [0.5, 0.6) is 0 Å². The highest BCUT2D eigenvalue weighted by atomic mass is 19.1. The van der Waals surface area contributed by atoms with Gasteiger partial charge in [-0.05, 0) is 18.9 Å². The van der Waals surface area contributed by atoms with E-state index >= 15 is 0 Å². The fourth-order valence-corrected chi connectivity index (χ4v) is 4.60. The van der Waals surface area contributed by atoms with Gasteiger partial charge in [-0.2, -0.15) is 5.53 Å². The number of hydrazine groups is 2. The van der Waals surface area contributed by atoms with Crippen molar-refractivity contribution in [2.24, 2.45) is 17.6 Å². The van der Waals surface area contributed by atoms with E-state index in [9.17, 15) is 9.18 Å². The summed E-state index contributed by atoms with van der Waals surface area (Å²) in [5, 5.41) is 13.3. The van der Waals surface area contributed by atoms with E-state index in [1.807, 2.05) is 7.05 Å². The van der Waals surface area contributed by atoms with Crippen LogP contribution in [0.25, 0.3) is 5.43 Å². The van der Waals surface area contributed by atoms with Gasteiger partial charge in [0.1, 0.15) is 6.17 Å². The Kier molecular flexibility index (Phi) is 5.39. The molecule has 7 atom stereocenters. The summed E-state index contributed by atoms with van der Waals surface area (Å²) in [4.78, 5) is 13.0. The number of fused-ring (bicyclic) bond motifs is 1. The lowest BCUT2D eigenvalue weighted by molar-refractivity contribution is -0.128. The monoisotopic (exact) mass is 370 g/mol. The summed E-state index contributed by atoms with van der Waals surface area (Å²) in [6.07, 6.45) is -0.981. The predicted molar refractivity (Wildman–Crippen MR) is 93.8 cm³/mol. The number of likely N-dealkylation sites (N-methyl/N-ethyl adjacent to an activating group) is 1. The SMILES string of the molecule is CN1NNCC1C1CCNCC1NC(=O)C1C(N)[N-]N2CC(F)CNC12. The molecule has 10 nitrogen and oxygen atoms in total. The average molecular weight is 370 g/mol. The first-order valence-corrected chi connectivity index (χ1v) is 9.37. The van der Waals surface area contributed by atoms with Gasteiger partial charge in [0.25, 0.3) is 0 Å². The molecule has 7 unspecified atom stereocenters. The third-order valence-corrected chi connectivity index (χ3v) is 5.97. The van der Waals surface area contributed by atoms with E-state index < -0.39 is 18.3 Å². The Labute approximate surface area is 152 Å². The molecule has 0 aromatic carbocycles. The number of hydrogen-bond donors (Lipinski definition) is 6. The summed E-state index contributed by atoms with van der Waals surface area (Å²) < 4.78 is 13.6. The highest BCUT2D eigenvalue weighted by molar-refractivity contribution is 5.81. The Bertz CT molecular complexity index is 525. The number of alkyl halides is 1. The Balaban J connectivity index is 1.42. The molecule has 0 radical (unpaired) electrons. The Morgan fingerprint density at radius 2 is 2.19 bits per heavy atom. The zero-order valence-corrected chi connectivity index (χ0v) is 15.0. The molecule has 0 spiro atoms. The van der Waals surface area contributed by atoms with Crippen LogP contribution < -0.4 is 32.6 Å². The minimum Gasteiger partial charge on any atom is -0.578 e. The third kappa shape index (κ3) is 3.45. The van der Waals surface area contributed by atoms with Gasteiger partial charge in [-0.3, -0.25) is 10.1 Å². The molecule has 4 saturated heterocycles. The molecule has 4 fully saturated rings. The number of halogens is 1. The van der Waals surface area contributed by atoms with E-state index in [2.05, 4.69) is 37.3 Å². The Morgan fingerprint density at radius 1 is 1.35 bits per heavy atom. The molecule has 11 heteroatoms. The van der Waals surface area contributed by atoms with Gasteiger partial charge >= 0.3 is 0 Å². The van der Waals surface area contributed by atoms with Crippen LogP contribution >= 0.6 is 0 Å². The number of carbonyl (C=O) groups is 1. The Morgan fingerprint density at radius 3 is 2.96 bits per heavy atom. The second kappa shape index (κ2) is 7.60. The van der Waals surface area contributed by atoms with Crippen LogP contribution in [-0.2, 0) is 4.79 Å². The maximum atomic E-state index is 13.6. The lowest BCUT2D eigenvalue weighted by atomic mass is 9.85. The van der Waals surface area contributed by atoms with Crippen molar-refractivity contribution in [3.8, 4) is 0 Å². The van der Waals surface area contributed by atoms with E-state index in [0.717, 1.165) is 26.1 Å². The van der Waals surface area contributed by atoms with Gasteiger partial charge in [0, 0.05) is 45.3 Å². The predicted octanol–water partition coefficient (Wildman–Crippen LogP) is -2.82. The van der Waals surface area contributed by atoms with Gasteiger partial charge in [-0.15, -0.1) is 0 Å². The molecule has 0 saturated carbocycles. The summed E-state index contributed by atoms with van der Waals surface area (Å²) in [6, 6.07) is 0.324. The van der Waals surface area contributed by atoms with E-state index in [1.165, 1.54) is 0 Å². The van der Waals surface area contributed by atoms with Crippen LogP contribution in [0.1, 0.15) is 6.42 Å². The van der Waals surface area contributed by atoms with E-state index in [0.29, 0.717) is 12.0 Å². The van der Waals surface area contributed by atoms with Crippen LogP contribution in [-0.4, -0.2) is 86.3 Å². The summed E-state index contributed by atoms with van der Waals surface area (Å²) in [5.74, 6) is -0.297. The molecular weight excluding hydrogens is 341 g/mol. The van der Waals surface area contributed by atoms with E-state index in [-0.39, 0.29) is 31.2 Å². The van der Waals surface area contributed by atoms with E-state index in [4.69, 9.17) is 5.73 Å². The Hall–Kier alpha value is -0.920. The largest absolute Gasteiger partial charge is 0.578 e. The number of rotatable bonds is 3. The van der Waals surface area contributed by atoms with Crippen LogP contribution in [0, 0.1) is 11.8 Å². The third-order valence-electron chi connectivity index (χ3n) is 5.97. The molecule has 0 aliphatic carbocycles. The molecule has 7 N–H and O–H groups in total. The van der Waals surface area contributed by atoms with Crippen LogP contribution in [0.3, 0.4) is 0 Å². The van der Waals surface area contributed by atoms with Gasteiger partial charge in [0.2, 0.25) is 5.91 Å². The van der Waals surface area contributed by atoms with Gasteiger partial charge in [-0.1, -0.05) is 6.17 Å². The molecule has 4 aliphatic heterocycles. The maximum absolute atomic E-state index is 13.6. The quantitative estimate of drug-likeness (QED) is 0.314. The zero-order valence-electron chi connectivity index (χ0n) is 15.0. The molecule has 0 aromatic heterocycles. The number of hydrogen-bond acceptors (Lipinski definition) is 8. The summed E-state index contributed by atoms with van der Waals surface area (Å²) in [6.45, 7) is 2.92. The summed E-state index contributed by atoms with van der Waals surface area (Å²) >= 11 is 0. The van der Waals surface area contributed by atoms with Crippen molar-refractivity contribution >= 4 is 5.91 Å². The number of carbonyl (C=O) groups excluding carboxylic acids is 1. The molecule has 0 bridgehead atoms. The van der Waals surface area contributed by atoms with Crippen LogP contribution in [0.2, 0.25) is 0 Å². The lowest BCUT2D eigenvalue weighted by Gasteiger charge is -2.42. The minimum absolute atomic E-state index is 0.0177. The fraction of sp³-hybridized carbons (Fsp3) is 0.933. The van der Waals surface area contributed by atoms with Gasteiger partial charge < -0.3 is 26.8 Å². The first-order valence-electron chi connectivity index (χ1n) is 9.37. The van der Waals surface area contributed by atoms with Crippen molar-refractivity contribution in [3.05, 3.63) is 5.43 Å². The number of nitrogens with zero attached hydrogens (tertiary/aromatic N) is 3. The summed E-state index contributed by atoms with van der Waals surface area (Å²) in [7, 11) is 2.01. The highest BCUT2D eigenvalue weighted by Gasteiger charge is 2.42. The minimum atomic E-state index is -0.992. The van der Waals surface area contributed by atoms with Gasteiger partial charge in [0.05, 0.1) is 12.1 Å². The molecule has 26 heavy (non-hydrogen) atoms. The smallest absolute Gasteiger partial charge is 0.226 e. The zero-order chi connectivity index (χ0) is 18.3. The molecule has 4 heterocycles. The fourth-order valence-electron chi connectivity index (χ4n) is 4.60. The molecule has 1 amide bonds. The number of nitrogens with one attached hydrogen (secondary N) is 5. The molecule has 4 rings (SSSR count). The number of nitrogens with two attached hydrogens (primary N) is 1. The standard InChI is InChI=1S/C15H29FN9O/c1-24-11(6-20-23-24)9-2-3-18-5-10(9)21-15(26)12-13(17)22-25-7-8(16)4-19-14(12)25/h8-14,18-20,23H,2-7,17H2,1H3,(H,21,26)/q-1. The van der Waals surface area contributed by atoms with Crippen molar-refractivity contribution in [3.63, 3.8) is 0 Å². The highest BCUT2D eigenvalue weighted by Crippen LogP contribution is 2.31. The molecule has 148 valence electrons. The van der Waals surface area contributed by atoms with Gasteiger partial charge in [-0.25, -0.2) is 14.8 Å². The second-order valence-electron chi connectivity index (χ2n) is 7.65.